The van der Waals surface area contributed by atoms with E-state index >= 15 is 0 Å². The summed E-state index contributed by atoms with van der Waals surface area (Å²) >= 11 is 7.15. The molecule has 1 N–H and O–H groups in total. The molecule has 40 heavy (non-hydrogen) atoms. The van der Waals surface area contributed by atoms with Crippen LogP contribution in [-0.4, -0.2) is 11.9 Å². The number of anilines is 1. The van der Waals surface area contributed by atoms with Gasteiger partial charge in [0, 0.05) is 29.0 Å². The number of benzene rings is 3. The number of carbonyl (C=O) groups excluding carboxylic acids is 2. The molecule has 0 atom stereocenters. The van der Waals surface area contributed by atoms with Crippen LogP contribution in [0.1, 0.15) is 29.2 Å². The van der Waals surface area contributed by atoms with Gasteiger partial charge in [0.1, 0.15) is 11.4 Å². The van der Waals surface area contributed by atoms with Crippen LogP contribution in [0.5, 0.6) is 0 Å². The number of aryl methyl sites for hydroxylation is 1. The maximum absolute atomic E-state index is 13.5. The van der Waals surface area contributed by atoms with E-state index in [4.69, 9.17) is 20.2 Å². The summed E-state index contributed by atoms with van der Waals surface area (Å²) in [5.41, 5.74) is -0.629. The molecule has 0 bridgehead atoms. The van der Waals surface area contributed by atoms with E-state index < -0.39 is 47.2 Å². The van der Waals surface area contributed by atoms with Crippen LogP contribution in [0, 0.1) is 12.7 Å². The number of nitrogens with one attached hydrogen (secondary N) is 1. The van der Waals surface area contributed by atoms with Gasteiger partial charge in [-0.05, 0) is 47.9 Å². The van der Waals surface area contributed by atoms with E-state index in [-0.39, 0.29) is 23.0 Å². The molecule has 0 saturated carbocycles. The van der Waals surface area contributed by atoms with Gasteiger partial charge in [-0.3, -0.25) is 9.59 Å². The quantitative estimate of drug-likeness (QED) is 0.136. The van der Waals surface area contributed by atoms with Crippen molar-refractivity contribution in [2.45, 2.75) is 32.2 Å². The van der Waals surface area contributed by atoms with Crippen LogP contribution < -0.4 is 10.9 Å². The fourth-order valence-corrected chi connectivity index (χ4v) is 4.77. The number of halogens is 5. The second-order valence-electron chi connectivity index (χ2n) is 8.79. The van der Waals surface area contributed by atoms with E-state index in [1.54, 1.807) is 37.3 Å². The summed E-state index contributed by atoms with van der Waals surface area (Å²) < 4.78 is 64.2. The standard InChI is InChI=1S/C28H20ClF4NO5S/c1-14-8-19-24(12-22(14)29)38-27(37)20(26(19)17-5-3-4-16(9-17)13-40-39-15(2)35)11-25(36)34-23-7-6-18(30)10-21(23)28(31,32)33/h3-10,12H,11,13H2,1-2H3,(H,34,36). The summed E-state index contributed by atoms with van der Waals surface area (Å²) in [5, 5.41) is 2.93. The SMILES string of the molecule is CC(=O)OSCc1cccc(-c2c(CC(=O)Nc3ccc(F)cc3C(F)(F)F)c(=O)oc3cc(Cl)c(C)cc23)c1. The van der Waals surface area contributed by atoms with Crippen molar-refractivity contribution >= 4 is 52.2 Å². The molecule has 1 aromatic heterocycles. The normalized spacial score (nSPS) is 11.5. The smallest absolute Gasteiger partial charge is 0.418 e. The highest BCUT2D eigenvalue weighted by Crippen LogP contribution is 2.37. The second kappa shape index (κ2) is 11.7. The van der Waals surface area contributed by atoms with Crippen molar-refractivity contribution in [3.05, 3.63) is 98.1 Å². The molecule has 0 saturated heterocycles. The molecule has 0 unspecified atom stereocenters. The zero-order valence-corrected chi connectivity index (χ0v) is 22.5. The molecule has 6 nitrogen and oxygen atoms in total. The number of amides is 1. The molecule has 4 rings (SSSR count). The Morgan fingerprint density at radius 3 is 2.55 bits per heavy atom. The number of rotatable bonds is 7. The van der Waals surface area contributed by atoms with Gasteiger partial charge in [0.2, 0.25) is 5.91 Å². The number of carbonyl (C=O) groups is 2. The molecule has 1 heterocycles. The molecule has 0 aliphatic rings. The molecule has 0 radical (unpaired) electrons. The van der Waals surface area contributed by atoms with E-state index in [0.717, 1.165) is 29.7 Å². The first kappa shape index (κ1) is 29.2. The van der Waals surface area contributed by atoms with Gasteiger partial charge >= 0.3 is 17.8 Å². The average Bonchev–Trinajstić information content (AvgIpc) is 2.86. The fourth-order valence-electron chi connectivity index (χ4n) is 4.07. The Kier molecular flexibility index (Phi) is 8.55. The molecule has 4 aromatic rings. The third kappa shape index (κ3) is 6.65. The highest BCUT2D eigenvalue weighted by atomic mass is 35.5. The zero-order valence-electron chi connectivity index (χ0n) is 20.9. The van der Waals surface area contributed by atoms with Crippen molar-refractivity contribution < 1.29 is 35.8 Å². The Morgan fingerprint density at radius 2 is 1.85 bits per heavy atom. The Morgan fingerprint density at radius 1 is 1.10 bits per heavy atom. The molecular weight excluding hydrogens is 574 g/mol. The van der Waals surface area contributed by atoms with Gasteiger partial charge < -0.3 is 13.9 Å². The Labute approximate surface area is 234 Å². The number of fused-ring (bicyclic) bond motifs is 1. The van der Waals surface area contributed by atoms with E-state index in [9.17, 15) is 31.9 Å². The number of alkyl halides is 3. The molecule has 0 spiro atoms. The number of hydrogen-bond donors (Lipinski definition) is 1. The fraction of sp³-hybridized carbons (Fsp3) is 0.179. The molecule has 3 aromatic carbocycles. The molecule has 208 valence electrons. The Hall–Kier alpha value is -3.83. The zero-order chi connectivity index (χ0) is 29.2. The summed E-state index contributed by atoms with van der Waals surface area (Å²) in [6, 6.07) is 11.9. The highest BCUT2D eigenvalue weighted by Gasteiger charge is 2.34. The monoisotopic (exact) mass is 593 g/mol. The van der Waals surface area contributed by atoms with Gasteiger partial charge in [0.05, 0.1) is 41.0 Å². The van der Waals surface area contributed by atoms with Gasteiger partial charge in [0.15, 0.2) is 0 Å². The Bertz CT molecular complexity index is 1690. The summed E-state index contributed by atoms with van der Waals surface area (Å²) in [5.74, 6) is -2.25. The van der Waals surface area contributed by atoms with Crippen molar-refractivity contribution in [3.8, 4) is 11.1 Å². The maximum atomic E-state index is 13.5. The molecule has 0 aliphatic carbocycles. The van der Waals surface area contributed by atoms with Gasteiger partial charge in [0.25, 0.3) is 0 Å². The molecular formula is C28H20ClF4NO5S. The lowest BCUT2D eigenvalue weighted by Gasteiger charge is -2.16. The van der Waals surface area contributed by atoms with Crippen LogP contribution >= 0.6 is 23.6 Å². The van der Waals surface area contributed by atoms with Crippen LogP contribution in [0.2, 0.25) is 5.02 Å². The van der Waals surface area contributed by atoms with Gasteiger partial charge in [-0.15, -0.1) is 0 Å². The Balaban J connectivity index is 1.80. The van der Waals surface area contributed by atoms with Crippen LogP contribution in [0.4, 0.5) is 23.2 Å². The van der Waals surface area contributed by atoms with Crippen molar-refractivity contribution in [2.24, 2.45) is 0 Å². The van der Waals surface area contributed by atoms with E-state index in [0.29, 0.717) is 27.1 Å². The molecule has 0 fully saturated rings. The van der Waals surface area contributed by atoms with Crippen molar-refractivity contribution in [3.63, 3.8) is 0 Å². The first-order chi connectivity index (χ1) is 18.8. The number of hydrogen-bond acceptors (Lipinski definition) is 6. The van der Waals surface area contributed by atoms with E-state index in [1.165, 1.54) is 13.0 Å². The van der Waals surface area contributed by atoms with Crippen LogP contribution in [-0.2, 0) is 32.1 Å². The third-order valence-electron chi connectivity index (χ3n) is 5.80. The molecule has 0 aliphatic heterocycles. The average molecular weight is 594 g/mol. The van der Waals surface area contributed by atoms with Gasteiger partial charge in [-0.1, -0.05) is 35.9 Å². The van der Waals surface area contributed by atoms with Crippen molar-refractivity contribution in [1.82, 2.24) is 0 Å². The summed E-state index contributed by atoms with van der Waals surface area (Å²) in [6.07, 6.45) is -5.57. The lowest BCUT2D eigenvalue weighted by molar-refractivity contribution is -0.137. The summed E-state index contributed by atoms with van der Waals surface area (Å²) in [6.45, 7) is 3.01. The van der Waals surface area contributed by atoms with Gasteiger partial charge in [-0.2, -0.15) is 13.2 Å². The minimum Gasteiger partial charge on any atom is -0.422 e. The minimum absolute atomic E-state index is 0.104. The molecule has 12 heteroatoms. The van der Waals surface area contributed by atoms with E-state index in [2.05, 4.69) is 5.32 Å². The minimum atomic E-state index is -4.93. The lowest BCUT2D eigenvalue weighted by Crippen LogP contribution is -2.22. The predicted molar refractivity (Wildman–Crippen MR) is 144 cm³/mol. The first-order valence-corrected chi connectivity index (χ1v) is 12.9. The van der Waals surface area contributed by atoms with Crippen LogP contribution in [0.3, 0.4) is 0 Å². The largest absolute Gasteiger partial charge is 0.422 e. The van der Waals surface area contributed by atoms with Crippen molar-refractivity contribution in [1.29, 1.82) is 0 Å². The van der Waals surface area contributed by atoms with Crippen LogP contribution in [0.15, 0.2) is 63.8 Å². The maximum Gasteiger partial charge on any atom is 0.418 e. The summed E-state index contributed by atoms with van der Waals surface area (Å²) in [7, 11) is 0. The highest BCUT2D eigenvalue weighted by molar-refractivity contribution is 7.94. The van der Waals surface area contributed by atoms with Gasteiger partial charge in [-0.25, -0.2) is 9.18 Å². The third-order valence-corrected chi connectivity index (χ3v) is 7.01. The lowest BCUT2D eigenvalue weighted by atomic mass is 9.93. The predicted octanol–water partition coefficient (Wildman–Crippen LogP) is 7.47. The topological polar surface area (TPSA) is 85.6 Å². The van der Waals surface area contributed by atoms with E-state index in [1.807, 2.05) is 0 Å². The molecule has 1 amide bonds. The second-order valence-corrected chi connectivity index (χ2v) is 9.89. The first-order valence-electron chi connectivity index (χ1n) is 11.6. The van der Waals surface area contributed by atoms with Crippen LogP contribution in [0.25, 0.3) is 22.1 Å². The van der Waals surface area contributed by atoms with Crippen molar-refractivity contribution in [2.75, 3.05) is 5.32 Å². The summed E-state index contributed by atoms with van der Waals surface area (Å²) in [4.78, 5) is 37.2.